The molecule has 2 aliphatic rings. The maximum atomic E-state index is 12.1. The van der Waals surface area contributed by atoms with Crippen LogP contribution in [0.15, 0.2) is 0 Å². The number of carbonyl (C=O) groups excluding carboxylic acids is 1. The number of carbonyl (C=O) groups is 1. The van der Waals surface area contributed by atoms with E-state index in [1.165, 1.54) is 0 Å². The van der Waals surface area contributed by atoms with Gasteiger partial charge in [-0.25, -0.2) is 0 Å². The van der Waals surface area contributed by atoms with Crippen LogP contribution < -0.4 is 5.32 Å². The second-order valence-corrected chi connectivity index (χ2v) is 5.86. The van der Waals surface area contributed by atoms with E-state index in [1.807, 2.05) is 13.8 Å². The zero-order chi connectivity index (χ0) is 13.1. The number of esters is 1. The van der Waals surface area contributed by atoms with Crippen molar-refractivity contribution in [2.45, 2.75) is 70.8 Å². The van der Waals surface area contributed by atoms with Gasteiger partial charge in [-0.15, -0.1) is 0 Å². The van der Waals surface area contributed by atoms with Crippen LogP contribution in [-0.4, -0.2) is 36.9 Å². The number of nitrogens with one attached hydrogen (secondary N) is 1. The quantitative estimate of drug-likeness (QED) is 0.765. The van der Waals surface area contributed by atoms with E-state index in [4.69, 9.17) is 9.47 Å². The van der Waals surface area contributed by atoms with Crippen LogP contribution in [0.2, 0.25) is 0 Å². The minimum Gasteiger partial charge on any atom is -0.462 e. The van der Waals surface area contributed by atoms with Crippen molar-refractivity contribution in [3.8, 4) is 0 Å². The Morgan fingerprint density at radius 2 is 1.83 bits per heavy atom. The van der Waals surface area contributed by atoms with Crippen molar-refractivity contribution >= 4 is 5.97 Å². The fraction of sp³-hybridized carbons (Fsp3) is 0.929. The molecule has 0 aliphatic carbocycles. The summed E-state index contributed by atoms with van der Waals surface area (Å²) in [7, 11) is 0. The highest BCUT2D eigenvalue weighted by atomic mass is 16.6. The van der Waals surface area contributed by atoms with Crippen LogP contribution in [0, 0.1) is 5.92 Å². The predicted octanol–water partition coefficient (Wildman–Crippen LogP) is 1.87. The van der Waals surface area contributed by atoms with Crippen LogP contribution in [-0.2, 0) is 14.3 Å². The van der Waals surface area contributed by atoms with E-state index in [-0.39, 0.29) is 30.2 Å². The van der Waals surface area contributed by atoms with Crippen LogP contribution in [0.3, 0.4) is 0 Å². The molecular formula is C14H25NO3. The molecule has 2 heterocycles. The number of rotatable bonds is 2. The lowest BCUT2D eigenvalue weighted by molar-refractivity contribution is -0.165. The minimum atomic E-state index is -0.00495. The first-order valence-electron chi connectivity index (χ1n) is 7.14. The topological polar surface area (TPSA) is 47.6 Å². The molecule has 2 fully saturated rings. The van der Waals surface area contributed by atoms with Crippen LogP contribution in [0.1, 0.15) is 46.5 Å². The highest BCUT2D eigenvalue weighted by Crippen LogP contribution is 2.24. The van der Waals surface area contributed by atoms with Crippen molar-refractivity contribution in [2.24, 2.45) is 5.92 Å². The number of hydrogen-bond donors (Lipinski definition) is 1. The molecule has 0 bridgehead atoms. The van der Waals surface area contributed by atoms with Gasteiger partial charge in [0.2, 0.25) is 0 Å². The summed E-state index contributed by atoms with van der Waals surface area (Å²) in [6.45, 7) is 7.13. The lowest BCUT2D eigenvalue weighted by Gasteiger charge is -2.33. The zero-order valence-electron chi connectivity index (χ0n) is 11.6. The van der Waals surface area contributed by atoms with Crippen molar-refractivity contribution in [3.05, 3.63) is 0 Å². The molecule has 0 amide bonds. The third-order valence-electron chi connectivity index (χ3n) is 3.89. The first-order valence-corrected chi connectivity index (χ1v) is 7.14. The molecule has 2 aliphatic heterocycles. The molecule has 2 rings (SSSR count). The summed E-state index contributed by atoms with van der Waals surface area (Å²) < 4.78 is 11.3. The van der Waals surface area contributed by atoms with Crippen molar-refractivity contribution in [2.75, 3.05) is 6.54 Å². The first kappa shape index (κ1) is 13.8. The van der Waals surface area contributed by atoms with Crippen LogP contribution >= 0.6 is 0 Å². The fourth-order valence-corrected chi connectivity index (χ4v) is 3.05. The van der Waals surface area contributed by atoms with Gasteiger partial charge >= 0.3 is 5.97 Å². The van der Waals surface area contributed by atoms with Gasteiger partial charge in [0.05, 0.1) is 18.1 Å². The second kappa shape index (κ2) is 6.02. The van der Waals surface area contributed by atoms with E-state index in [1.54, 1.807) is 0 Å². The highest BCUT2D eigenvalue weighted by molar-refractivity contribution is 5.72. The number of ether oxygens (including phenoxy) is 2. The molecule has 0 aromatic rings. The molecule has 18 heavy (non-hydrogen) atoms. The summed E-state index contributed by atoms with van der Waals surface area (Å²) in [5, 5.41) is 3.36. The maximum absolute atomic E-state index is 12.1. The molecular weight excluding hydrogens is 230 g/mol. The van der Waals surface area contributed by atoms with Crippen LogP contribution in [0.25, 0.3) is 0 Å². The molecule has 4 atom stereocenters. The SMILES string of the molecule is CC1CC(C(=O)OC2CC(C)OC(C)C2)CCN1. The molecule has 4 nitrogen and oxygen atoms in total. The van der Waals surface area contributed by atoms with Gasteiger partial charge in [-0.05, 0) is 40.2 Å². The van der Waals surface area contributed by atoms with Crippen molar-refractivity contribution in [3.63, 3.8) is 0 Å². The minimum absolute atomic E-state index is 0.00495. The Kier molecular flexibility index (Phi) is 4.62. The van der Waals surface area contributed by atoms with Gasteiger partial charge in [0, 0.05) is 18.9 Å². The van der Waals surface area contributed by atoms with Gasteiger partial charge < -0.3 is 14.8 Å². The Balaban J connectivity index is 1.83. The molecule has 0 saturated carbocycles. The van der Waals surface area contributed by atoms with Gasteiger partial charge in [-0.3, -0.25) is 4.79 Å². The largest absolute Gasteiger partial charge is 0.462 e. The summed E-state index contributed by atoms with van der Waals surface area (Å²) in [5.74, 6) is 0.0735. The Labute approximate surface area is 109 Å². The third-order valence-corrected chi connectivity index (χ3v) is 3.89. The van der Waals surface area contributed by atoms with E-state index < -0.39 is 0 Å². The Bertz CT molecular complexity index is 285. The molecule has 0 aromatic carbocycles. The standard InChI is InChI=1S/C14H25NO3/c1-9-6-12(4-5-15-9)14(16)18-13-7-10(2)17-11(3)8-13/h9-13,15H,4-8H2,1-3H3. The maximum Gasteiger partial charge on any atom is 0.309 e. The summed E-state index contributed by atoms with van der Waals surface area (Å²) in [6, 6.07) is 0.420. The monoisotopic (exact) mass is 255 g/mol. The predicted molar refractivity (Wildman–Crippen MR) is 69.3 cm³/mol. The smallest absolute Gasteiger partial charge is 0.309 e. The van der Waals surface area contributed by atoms with Crippen molar-refractivity contribution < 1.29 is 14.3 Å². The lowest BCUT2D eigenvalue weighted by atomic mass is 9.93. The number of hydrogen-bond acceptors (Lipinski definition) is 4. The van der Waals surface area contributed by atoms with Crippen LogP contribution in [0.5, 0.6) is 0 Å². The summed E-state index contributed by atoms with van der Waals surface area (Å²) in [4.78, 5) is 12.1. The molecule has 4 unspecified atom stereocenters. The normalized spacial score (nSPS) is 41.4. The summed E-state index contributed by atoms with van der Waals surface area (Å²) in [5.41, 5.74) is 0. The second-order valence-electron chi connectivity index (χ2n) is 5.86. The summed E-state index contributed by atoms with van der Waals surface area (Å²) in [6.07, 6.45) is 3.89. The molecule has 0 radical (unpaired) electrons. The Morgan fingerprint density at radius 3 is 2.44 bits per heavy atom. The fourth-order valence-electron chi connectivity index (χ4n) is 3.05. The zero-order valence-corrected chi connectivity index (χ0v) is 11.6. The molecule has 2 saturated heterocycles. The van der Waals surface area contributed by atoms with E-state index >= 15 is 0 Å². The van der Waals surface area contributed by atoms with Gasteiger partial charge in [-0.2, -0.15) is 0 Å². The highest BCUT2D eigenvalue weighted by Gasteiger charge is 2.31. The Morgan fingerprint density at radius 1 is 1.17 bits per heavy atom. The van der Waals surface area contributed by atoms with Gasteiger partial charge in [0.15, 0.2) is 0 Å². The molecule has 0 spiro atoms. The summed E-state index contributed by atoms with van der Waals surface area (Å²) >= 11 is 0. The van der Waals surface area contributed by atoms with E-state index in [9.17, 15) is 4.79 Å². The molecule has 0 aromatic heterocycles. The van der Waals surface area contributed by atoms with E-state index in [0.29, 0.717) is 6.04 Å². The Hall–Kier alpha value is -0.610. The van der Waals surface area contributed by atoms with E-state index in [2.05, 4.69) is 12.2 Å². The average Bonchev–Trinajstić information content (AvgIpc) is 2.27. The number of piperidine rings is 1. The van der Waals surface area contributed by atoms with Crippen molar-refractivity contribution in [1.29, 1.82) is 0 Å². The van der Waals surface area contributed by atoms with Crippen LogP contribution in [0.4, 0.5) is 0 Å². The van der Waals surface area contributed by atoms with Gasteiger partial charge in [-0.1, -0.05) is 0 Å². The van der Waals surface area contributed by atoms with Crippen molar-refractivity contribution in [1.82, 2.24) is 5.32 Å². The lowest BCUT2D eigenvalue weighted by Crippen LogP contribution is -2.41. The molecule has 1 N–H and O–H groups in total. The first-order chi connectivity index (χ1) is 8.54. The van der Waals surface area contributed by atoms with Gasteiger partial charge in [0.25, 0.3) is 0 Å². The van der Waals surface area contributed by atoms with E-state index in [0.717, 1.165) is 32.2 Å². The van der Waals surface area contributed by atoms with Gasteiger partial charge in [0.1, 0.15) is 6.10 Å². The average molecular weight is 255 g/mol. The molecule has 104 valence electrons. The third kappa shape index (κ3) is 3.69. The molecule has 4 heteroatoms.